The molecule has 1 aromatic heterocycles. The molecule has 0 saturated carbocycles. The van der Waals surface area contributed by atoms with Gasteiger partial charge in [0, 0.05) is 6.20 Å². The molecule has 0 fully saturated rings. The van der Waals surface area contributed by atoms with Crippen LogP contribution in [0, 0.1) is 16.7 Å². The highest BCUT2D eigenvalue weighted by Crippen LogP contribution is 2.23. The minimum Gasteiger partial charge on any atom is -0.396 e. The standard InChI is InChI=1S/C12H17N3O2S/c1-12(2,9-13)6-4-8-18(16,17)11-10(14)5-3-7-15-11/h3,5,7H,4,6,8,14H2,1-2H3. The average Bonchev–Trinajstić information content (AvgIpc) is 2.29. The van der Waals surface area contributed by atoms with E-state index in [0.29, 0.717) is 12.8 Å². The van der Waals surface area contributed by atoms with Crippen LogP contribution in [0.25, 0.3) is 0 Å². The van der Waals surface area contributed by atoms with Gasteiger partial charge in [-0.15, -0.1) is 0 Å². The van der Waals surface area contributed by atoms with E-state index in [1.165, 1.54) is 12.3 Å². The molecular weight excluding hydrogens is 250 g/mol. The number of nitrogen functional groups attached to an aromatic ring is 1. The van der Waals surface area contributed by atoms with Crippen molar-refractivity contribution in [3.8, 4) is 6.07 Å². The Balaban J connectivity index is 2.74. The molecular formula is C12H17N3O2S. The maximum absolute atomic E-state index is 12.0. The van der Waals surface area contributed by atoms with Gasteiger partial charge in [0.1, 0.15) is 0 Å². The van der Waals surface area contributed by atoms with Crippen molar-refractivity contribution in [3.63, 3.8) is 0 Å². The topological polar surface area (TPSA) is 96.8 Å². The van der Waals surface area contributed by atoms with E-state index in [0.717, 1.165) is 0 Å². The van der Waals surface area contributed by atoms with Crippen LogP contribution in [0.1, 0.15) is 26.7 Å². The first-order chi connectivity index (χ1) is 8.28. The Kier molecular flexibility index (Phi) is 4.30. The number of pyridine rings is 1. The summed E-state index contributed by atoms with van der Waals surface area (Å²) in [6.45, 7) is 3.57. The first kappa shape index (κ1) is 14.5. The van der Waals surface area contributed by atoms with Crippen molar-refractivity contribution in [1.82, 2.24) is 4.98 Å². The average molecular weight is 267 g/mol. The number of hydrogen-bond donors (Lipinski definition) is 1. The monoisotopic (exact) mass is 267 g/mol. The fourth-order valence-corrected chi connectivity index (χ4v) is 2.89. The van der Waals surface area contributed by atoms with E-state index in [1.54, 1.807) is 19.9 Å². The van der Waals surface area contributed by atoms with Gasteiger partial charge in [-0.1, -0.05) is 0 Å². The molecule has 0 amide bonds. The van der Waals surface area contributed by atoms with Crippen molar-refractivity contribution in [3.05, 3.63) is 18.3 Å². The summed E-state index contributed by atoms with van der Waals surface area (Å²) in [5, 5.41) is 8.78. The number of aromatic nitrogens is 1. The third-order valence-corrected chi connectivity index (χ3v) is 4.37. The molecule has 2 N–H and O–H groups in total. The van der Waals surface area contributed by atoms with Gasteiger partial charge in [-0.2, -0.15) is 5.26 Å². The van der Waals surface area contributed by atoms with Gasteiger partial charge in [0.05, 0.1) is 22.9 Å². The number of sulfone groups is 1. The van der Waals surface area contributed by atoms with Crippen LogP contribution < -0.4 is 5.73 Å². The molecule has 0 spiro atoms. The van der Waals surface area contributed by atoms with Crippen LogP contribution in [-0.4, -0.2) is 19.2 Å². The highest BCUT2D eigenvalue weighted by molar-refractivity contribution is 7.91. The van der Waals surface area contributed by atoms with Gasteiger partial charge in [-0.05, 0) is 38.8 Å². The van der Waals surface area contributed by atoms with Gasteiger partial charge < -0.3 is 5.73 Å². The van der Waals surface area contributed by atoms with Gasteiger partial charge in [0.2, 0.25) is 0 Å². The summed E-state index contributed by atoms with van der Waals surface area (Å²) in [7, 11) is -3.47. The molecule has 1 heterocycles. The summed E-state index contributed by atoms with van der Waals surface area (Å²) >= 11 is 0. The molecule has 0 atom stereocenters. The maximum atomic E-state index is 12.0. The SMILES string of the molecule is CC(C)(C#N)CCCS(=O)(=O)c1ncccc1N. The Hall–Kier alpha value is -1.61. The number of rotatable bonds is 5. The molecule has 98 valence electrons. The van der Waals surface area contributed by atoms with E-state index in [9.17, 15) is 8.42 Å². The zero-order valence-electron chi connectivity index (χ0n) is 10.5. The van der Waals surface area contributed by atoms with Crippen molar-refractivity contribution in [1.29, 1.82) is 5.26 Å². The lowest BCUT2D eigenvalue weighted by atomic mass is 9.90. The number of nitriles is 1. The van der Waals surface area contributed by atoms with E-state index in [-0.39, 0.29) is 16.5 Å². The van der Waals surface area contributed by atoms with E-state index in [2.05, 4.69) is 11.1 Å². The van der Waals surface area contributed by atoms with E-state index >= 15 is 0 Å². The molecule has 5 nitrogen and oxygen atoms in total. The summed E-state index contributed by atoms with van der Waals surface area (Å²) in [4.78, 5) is 3.81. The van der Waals surface area contributed by atoms with Crippen LogP contribution in [-0.2, 0) is 9.84 Å². The Labute approximate surface area is 108 Å². The van der Waals surface area contributed by atoms with Crippen LogP contribution in [0.15, 0.2) is 23.4 Å². The lowest BCUT2D eigenvalue weighted by molar-refractivity contribution is 0.445. The third kappa shape index (κ3) is 3.70. The fraction of sp³-hybridized carbons (Fsp3) is 0.500. The molecule has 0 radical (unpaired) electrons. The second-order valence-electron chi connectivity index (χ2n) is 4.82. The Morgan fingerprint density at radius 2 is 2.17 bits per heavy atom. The minimum atomic E-state index is -3.47. The van der Waals surface area contributed by atoms with Crippen molar-refractivity contribution < 1.29 is 8.42 Å². The van der Waals surface area contributed by atoms with Gasteiger partial charge in [-0.25, -0.2) is 13.4 Å². The van der Waals surface area contributed by atoms with Gasteiger partial charge in [0.15, 0.2) is 14.9 Å². The Morgan fingerprint density at radius 3 is 2.72 bits per heavy atom. The number of anilines is 1. The quantitative estimate of drug-likeness (QED) is 0.876. The minimum absolute atomic E-state index is 0.0423. The number of hydrogen-bond acceptors (Lipinski definition) is 5. The van der Waals surface area contributed by atoms with E-state index < -0.39 is 15.3 Å². The molecule has 1 rings (SSSR count). The molecule has 0 unspecified atom stereocenters. The van der Waals surface area contributed by atoms with Crippen molar-refractivity contribution in [2.24, 2.45) is 5.41 Å². The van der Waals surface area contributed by atoms with E-state index in [4.69, 9.17) is 11.0 Å². The highest BCUT2D eigenvalue weighted by Gasteiger charge is 2.22. The molecule has 18 heavy (non-hydrogen) atoms. The summed E-state index contributed by atoms with van der Waals surface area (Å²) in [5.41, 5.74) is 5.25. The molecule has 0 aliphatic rings. The van der Waals surface area contributed by atoms with Crippen LogP contribution >= 0.6 is 0 Å². The molecule has 0 saturated heterocycles. The van der Waals surface area contributed by atoms with Gasteiger partial charge in [0.25, 0.3) is 0 Å². The second-order valence-corrected chi connectivity index (χ2v) is 6.84. The van der Waals surface area contributed by atoms with Crippen LogP contribution in [0.4, 0.5) is 5.69 Å². The Morgan fingerprint density at radius 1 is 1.50 bits per heavy atom. The number of nitrogens with two attached hydrogens (primary N) is 1. The van der Waals surface area contributed by atoms with Crippen LogP contribution in [0.3, 0.4) is 0 Å². The molecule has 6 heteroatoms. The lowest BCUT2D eigenvalue weighted by Gasteiger charge is -2.14. The van der Waals surface area contributed by atoms with Crippen molar-refractivity contribution in [2.45, 2.75) is 31.7 Å². The molecule has 0 bridgehead atoms. The van der Waals surface area contributed by atoms with Gasteiger partial charge in [-0.3, -0.25) is 0 Å². The lowest BCUT2D eigenvalue weighted by Crippen LogP contribution is -2.14. The van der Waals surface area contributed by atoms with E-state index in [1.807, 2.05) is 0 Å². The first-order valence-electron chi connectivity index (χ1n) is 5.63. The van der Waals surface area contributed by atoms with Crippen molar-refractivity contribution in [2.75, 3.05) is 11.5 Å². The normalized spacial score (nSPS) is 12.1. The smallest absolute Gasteiger partial charge is 0.197 e. The molecule has 1 aromatic rings. The molecule has 0 aliphatic heterocycles. The predicted molar refractivity (Wildman–Crippen MR) is 69.3 cm³/mol. The maximum Gasteiger partial charge on any atom is 0.197 e. The summed E-state index contributed by atoms with van der Waals surface area (Å²) in [6.07, 6.45) is 2.34. The zero-order chi connectivity index (χ0) is 13.8. The molecule has 0 aliphatic carbocycles. The molecule has 0 aromatic carbocycles. The second kappa shape index (κ2) is 5.36. The predicted octanol–water partition coefficient (Wildman–Crippen LogP) is 1.77. The summed E-state index contributed by atoms with van der Waals surface area (Å²) in [6, 6.07) is 5.25. The summed E-state index contributed by atoms with van der Waals surface area (Å²) in [5.74, 6) is -0.0423. The van der Waals surface area contributed by atoms with Crippen molar-refractivity contribution >= 4 is 15.5 Å². The first-order valence-corrected chi connectivity index (χ1v) is 7.28. The zero-order valence-corrected chi connectivity index (χ0v) is 11.4. The third-order valence-electron chi connectivity index (χ3n) is 2.61. The van der Waals surface area contributed by atoms with Crippen LogP contribution in [0.5, 0.6) is 0 Å². The number of nitrogens with zero attached hydrogens (tertiary/aromatic N) is 2. The van der Waals surface area contributed by atoms with Crippen LogP contribution in [0.2, 0.25) is 0 Å². The summed E-state index contributed by atoms with van der Waals surface area (Å²) < 4.78 is 24.0. The fourth-order valence-electron chi connectivity index (χ4n) is 1.52. The Bertz CT molecular complexity index is 559. The largest absolute Gasteiger partial charge is 0.396 e. The van der Waals surface area contributed by atoms with Gasteiger partial charge >= 0.3 is 0 Å². The highest BCUT2D eigenvalue weighted by atomic mass is 32.2.